The van der Waals surface area contributed by atoms with Crippen LogP contribution in [0, 0.1) is 0 Å². The number of methoxy groups -OCH3 is 1. The standard InChI is InChI=1S/C18H26ClN3O4/c1-3-26-17(23)6-9-22-7-4-12(5-8-22)21-18(24)13-10-14(19)15(20)11-16(13)25-2/h10-12H,3-9,20H2,1-2H3,(H,21,24). The Balaban J connectivity index is 1.85. The summed E-state index contributed by atoms with van der Waals surface area (Å²) in [6.45, 7) is 4.54. The van der Waals surface area contributed by atoms with Gasteiger partial charge in [0.05, 0.1) is 36.4 Å². The second kappa shape index (κ2) is 9.64. The van der Waals surface area contributed by atoms with E-state index in [4.69, 9.17) is 26.8 Å². The molecule has 0 unspecified atom stereocenters. The molecular formula is C18H26ClN3O4. The Kier molecular flexibility index (Phi) is 7.53. The number of nitrogen functional groups attached to an aromatic ring is 1. The van der Waals surface area contributed by atoms with E-state index in [0.717, 1.165) is 25.9 Å². The van der Waals surface area contributed by atoms with Crippen molar-refractivity contribution < 1.29 is 19.1 Å². The average Bonchev–Trinajstić information content (AvgIpc) is 2.63. The third-order valence-electron chi connectivity index (χ3n) is 4.42. The van der Waals surface area contributed by atoms with Crippen LogP contribution in [0.5, 0.6) is 5.75 Å². The number of nitrogens with one attached hydrogen (secondary N) is 1. The molecule has 1 saturated heterocycles. The number of piperidine rings is 1. The van der Waals surface area contributed by atoms with Crippen LogP contribution >= 0.6 is 11.6 Å². The number of likely N-dealkylation sites (tertiary alicyclic amines) is 1. The largest absolute Gasteiger partial charge is 0.496 e. The molecule has 1 aromatic carbocycles. The van der Waals surface area contributed by atoms with Crippen LogP contribution in [0.25, 0.3) is 0 Å². The van der Waals surface area contributed by atoms with Gasteiger partial charge >= 0.3 is 5.97 Å². The van der Waals surface area contributed by atoms with Crippen LogP contribution in [0.2, 0.25) is 5.02 Å². The highest BCUT2D eigenvalue weighted by atomic mass is 35.5. The third kappa shape index (κ3) is 5.51. The monoisotopic (exact) mass is 383 g/mol. The molecule has 26 heavy (non-hydrogen) atoms. The SMILES string of the molecule is CCOC(=O)CCN1CCC(NC(=O)c2cc(Cl)c(N)cc2OC)CC1. The van der Waals surface area contributed by atoms with E-state index in [1.165, 1.54) is 13.2 Å². The van der Waals surface area contributed by atoms with Gasteiger partial charge in [0.25, 0.3) is 5.91 Å². The van der Waals surface area contributed by atoms with Crippen molar-refractivity contribution in [1.29, 1.82) is 0 Å². The molecule has 8 heteroatoms. The topological polar surface area (TPSA) is 93.9 Å². The summed E-state index contributed by atoms with van der Waals surface area (Å²) < 4.78 is 10.2. The number of ether oxygens (including phenoxy) is 2. The minimum absolute atomic E-state index is 0.0716. The third-order valence-corrected chi connectivity index (χ3v) is 4.75. The van der Waals surface area contributed by atoms with Crippen molar-refractivity contribution >= 4 is 29.2 Å². The number of carbonyl (C=O) groups excluding carboxylic acids is 2. The Morgan fingerprint density at radius 1 is 1.35 bits per heavy atom. The lowest BCUT2D eigenvalue weighted by Crippen LogP contribution is -2.45. The molecule has 0 aliphatic carbocycles. The highest BCUT2D eigenvalue weighted by Crippen LogP contribution is 2.29. The maximum Gasteiger partial charge on any atom is 0.307 e. The van der Waals surface area contributed by atoms with Gasteiger partial charge in [-0.3, -0.25) is 9.59 Å². The second-order valence-electron chi connectivity index (χ2n) is 6.22. The number of benzene rings is 1. The summed E-state index contributed by atoms with van der Waals surface area (Å²) in [4.78, 5) is 26.2. The number of hydrogen-bond acceptors (Lipinski definition) is 6. The maximum absolute atomic E-state index is 12.6. The first-order chi connectivity index (χ1) is 12.4. The molecule has 0 atom stereocenters. The molecule has 3 N–H and O–H groups in total. The number of halogens is 1. The lowest BCUT2D eigenvalue weighted by atomic mass is 10.0. The van der Waals surface area contributed by atoms with Gasteiger partial charge in [0, 0.05) is 31.7 Å². The van der Waals surface area contributed by atoms with Crippen molar-refractivity contribution in [1.82, 2.24) is 10.2 Å². The van der Waals surface area contributed by atoms with Gasteiger partial charge in [-0.2, -0.15) is 0 Å². The first kappa shape index (κ1) is 20.3. The number of nitrogens with zero attached hydrogens (tertiary/aromatic N) is 1. The smallest absolute Gasteiger partial charge is 0.307 e. The number of amides is 1. The summed E-state index contributed by atoms with van der Waals surface area (Å²) in [5.74, 6) is 0.000228. The quantitative estimate of drug-likeness (QED) is 0.553. The van der Waals surface area contributed by atoms with Crippen LogP contribution in [-0.2, 0) is 9.53 Å². The Morgan fingerprint density at radius 2 is 2.04 bits per heavy atom. The summed E-state index contributed by atoms with van der Waals surface area (Å²) >= 11 is 6.03. The first-order valence-corrected chi connectivity index (χ1v) is 9.14. The number of anilines is 1. The Labute approximate surface area is 158 Å². The van der Waals surface area contributed by atoms with E-state index >= 15 is 0 Å². The number of rotatable bonds is 7. The van der Waals surface area contributed by atoms with Crippen LogP contribution in [0.1, 0.15) is 36.5 Å². The Morgan fingerprint density at radius 3 is 2.65 bits per heavy atom. The molecule has 1 fully saturated rings. The van der Waals surface area contributed by atoms with Crippen molar-refractivity contribution in [3.05, 3.63) is 22.7 Å². The summed E-state index contributed by atoms with van der Waals surface area (Å²) in [6, 6.07) is 3.15. The fraction of sp³-hybridized carbons (Fsp3) is 0.556. The first-order valence-electron chi connectivity index (χ1n) is 8.76. The van der Waals surface area contributed by atoms with Gasteiger partial charge in [0.15, 0.2) is 0 Å². The molecule has 144 valence electrons. The van der Waals surface area contributed by atoms with E-state index in [-0.39, 0.29) is 17.9 Å². The van der Waals surface area contributed by atoms with Crippen LogP contribution in [0.4, 0.5) is 5.69 Å². The molecule has 0 radical (unpaired) electrons. The number of carbonyl (C=O) groups is 2. The van der Waals surface area contributed by atoms with E-state index in [0.29, 0.717) is 41.6 Å². The zero-order chi connectivity index (χ0) is 19.1. The van der Waals surface area contributed by atoms with Gasteiger partial charge in [-0.05, 0) is 25.8 Å². The Hall–Kier alpha value is -1.99. The molecule has 0 saturated carbocycles. The summed E-state index contributed by atoms with van der Waals surface area (Å²) in [7, 11) is 1.49. The summed E-state index contributed by atoms with van der Waals surface area (Å²) in [5, 5.41) is 3.35. The maximum atomic E-state index is 12.6. The fourth-order valence-electron chi connectivity index (χ4n) is 2.96. The number of hydrogen-bond donors (Lipinski definition) is 2. The van der Waals surface area contributed by atoms with Gasteiger partial charge in [-0.25, -0.2) is 0 Å². The van der Waals surface area contributed by atoms with E-state index in [1.807, 2.05) is 0 Å². The van der Waals surface area contributed by atoms with Crippen molar-refractivity contribution in [2.75, 3.05) is 39.1 Å². The summed E-state index contributed by atoms with van der Waals surface area (Å²) in [6.07, 6.45) is 2.03. The lowest BCUT2D eigenvalue weighted by Gasteiger charge is -2.32. The zero-order valence-electron chi connectivity index (χ0n) is 15.2. The van der Waals surface area contributed by atoms with E-state index in [9.17, 15) is 9.59 Å². The molecule has 0 aromatic heterocycles. The molecule has 1 heterocycles. The van der Waals surface area contributed by atoms with Crippen LogP contribution in [0.15, 0.2) is 12.1 Å². The van der Waals surface area contributed by atoms with Crippen molar-refractivity contribution in [3.63, 3.8) is 0 Å². The predicted octanol–water partition coefficient (Wildman–Crippen LogP) is 2.08. The van der Waals surface area contributed by atoms with Gasteiger partial charge in [-0.1, -0.05) is 11.6 Å². The molecule has 7 nitrogen and oxygen atoms in total. The summed E-state index contributed by atoms with van der Waals surface area (Å²) in [5.41, 5.74) is 6.49. The number of esters is 1. The van der Waals surface area contributed by atoms with Gasteiger partial charge in [-0.15, -0.1) is 0 Å². The van der Waals surface area contributed by atoms with Crippen molar-refractivity contribution in [2.24, 2.45) is 0 Å². The molecule has 2 rings (SSSR count). The van der Waals surface area contributed by atoms with Gasteiger partial charge < -0.3 is 25.4 Å². The Bertz CT molecular complexity index is 646. The van der Waals surface area contributed by atoms with Crippen molar-refractivity contribution in [2.45, 2.75) is 32.2 Å². The molecular weight excluding hydrogens is 358 g/mol. The average molecular weight is 384 g/mol. The van der Waals surface area contributed by atoms with Crippen LogP contribution in [0.3, 0.4) is 0 Å². The van der Waals surface area contributed by atoms with Crippen LogP contribution in [-0.4, -0.2) is 56.2 Å². The molecule has 1 aromatic rings. The van der Waals surface area contributed by atoms with Crippen molar-refractivity contribution in [3.8, 4) is 5.75 Å². The molecule has 1 aliphatic rings. The molecule has 0 bridgehead atoms. The van der Waals surface area contributed by atoms with E-state index in [1.54, 1.807) is 13.0 Å². The highest BCUT2D eigenvalue weighted by molar-refractivity contribution is 6.33. The number of nitrogens with two attached hydrogens (primary N) is 1. The van der Waals surface area contributed by atoms with Gasteiger partial charge in [0.2, 0.25) is 0 Å². The van der Waals surface area contributed by atoms with Crippen LogP contribution < -0.4 is 15.8 Å². The minimum Gasteiger partial charge on any atom is -0.496 e. The van der Waals surface area contributed by atoms with E-state index < -0.39 is 0 Å². The van der Waals surface area contributed by atoms with E-state index in [2.05, 4.69) is 10.2 Å². The second-order valence-corrected chi connectivity index (χ2v) is 6.63. The zero-order valence-corrected chi connectivity index (χ0v) is 16.0. The predicted molar refractivity (Wildman–Crippen MR) is 101 cm³/mol. The fourth-order valence-corrected chi connectivity index (χ4v) is 3.13. The molecule has 1 amide bonds. The normalized spacial score (nSPS) is 15.5. The lowest BCUT2D eigenvalue weighted by molar-refractivity contribution is -0.143. The molecule has 0 spiro atoms. The molecule has 1 aliphatic heterocycles. The highest BCUT2D eigenvalue weighted by Gasteiger charge is 2.23. The van der Waals surface area contributed by atoms with Gasteiger partial charge in [0.1, 0.15) is 5.75 Å². The minimum atomic E-state index is -0.228.